The Morgan fingerprint density at radius 3 is 2.55 bits per heavy atom. The molecule has 0 aliphatic heterocycles. The van der Waals surface area contributed by atoms with Gasteiger partial charge in [-0.25, -0.2) is 0 Å². The molecule has 0 radical (unpaired) electrons. The third-order valence-electron chi connectivity index (χ3n) is 2.98. The highest BCUT2D eigenvalue weighted by atomic mass is 16.5. The van der Waals surface area contributed by atoms with Crippen molar-refractivity contribution in [3.63, 3.8) is 0 Å². The van der Waals surface area contributed by atoms with Crippen molar-refractivity contribution in [3.8, 4) is 0 Å². The van der Waals surface area contributed by atoms with Crippen molar-refractivity contribution in [3.05, 3.63) is 60.2 Å². The lowest BCUT2D eigenvalue weighted by Gasteiger charge is -2.14. The Hall–Kier alpha value is -1.34. The largest absolute Gasteiger partial charge is 0.377 e. The highest BCUT2D eigenvalue weighted by Crippen LogP contribution is 2.19. The molecule has 0 saturated carbocycles. The smallest absolute Gasteiger partial charge is 0.0716 e. The first kappa shape index (κ1) is 16.7. The zero-order valence-corrected chi connectivity index (χ0v) is 13.2. The Bertz CT molecular complexity index is 409. The van der Waals surface area contributed by atoms with Crippen molar-refractivity contribution in [2.75, 3.05) is 6.61 Å². The molecule has 1 nitrogen and oxygen atoms in total. The van der Waals surface area contributed by atoms with Gasteiger partial charge in [0.25, 0.3) is 0 Å². The molecule has 0 aromatic heterocycles. The van der Waals surface area contributed by atoms with E-state index in [2.05, 4.69) is 51.6 Å². The summed E-state index contributed by atoms with van der Waals surface area (Å²) in [7, 11) is 0. The molecule has 0 fully saturated rings. The molecule has 1 rings (SSSR count). The van der Waals surface area contributed by atoms with Crippen molar-refractivity contribution < 1.29 is 4.74 Å². The van der Waals surface area contributed by atoms with Gasteiger partial charge >= 0.3 is 0 Å². The highest BCUT2D eigenvalue weighted by molar-refractivity contribution is 5.14. The third-order valence-corrected chi connectivity index (χ3v) is 2.98. The van der Waals surface area contributed by atoms with Crippen LogP contribution in [0.15, 0.2) is 54.6 Å². The molecule has 0 aliphatic carbocycles. The molecule has 1 aromatic rings. The van der Waals surface area contributed by atoms with Crippen LogP contribution in [0.5, 0.6) is 0 Å². The standard InChI is InChI=1S/C19H28O/c1-17(10-8-14-19(2,3)4)11-9-15-20-16-18-12-6-5-7-13-18/h5-8,10,12-13H,1,9,11,14-16H2,2-4H3/b10-8+. The van der Waals surface area contributed by atoms with Crippen molar-refractivity contribution in [2.24, 2.45) is 5.41 Å². The minimum atomic E-state index is 0.357. The van der Waals surface area contributed by atoms with Gasteiger partial charge in [-0.15, -0.1) is 0 Å². The summed E-state index contributed by atoms with van der Waals surface area (Å²) in [5.74, 6) is 0. The molecule has 20 heavy (non-hydrogen) atoms. The number of hydrogen-bond acceptors (Lipinski definition) is 1. The van der Waals surface area contributed by atoms with Crippen LogP contribution in [0.3, 0.4) is 0 Å². The van der Waals surface area contributed by atoms with E-state index in [0.717, 1.165) is 25.9 Å². The van der Waals surface area contributed by atoms with Crippen molar-refractivity contribution in [2.45, 2.75) is 46.6 Å². The zero-order chi connectivity index (χ0) is 14.8. The minimum absolute atomic E-state index is 0.357. The zero-order valence-electron chi connectivity index (χ0n) is 13.2. The van der Waals surface area contributed by atoms with Crippen LogP contribution in [0.4, 0.5) is 0 Å². The SMILES string of the molecule is C=C(/C=C/CC(C)(C)C)CCCOCc1ccccc1. The molecule has 0 bridgehead atoms. The van der Waals surface area contributed by atoms with Gasteiger partial charge in [0.05, 0.1) is 6.61 Å². The van der Waals surface area contributed by atoms with Crippen LogP contribution in [0.25, 0.3) is 0 Å². The van der Waals surface area contributed by atoms with Gasteiger partial charge in [-0.3, -0.25) is 0 Å². The van der Waals surface area contributed by atoms with E-state index in [4.69, 9.17) is 4.74 Å². The molecule has 0 atom stereocenters. The fourth-order valence-corrected chi connectivity index (χ4v) is 1.83. The van der Waals surface area contributed by atoms with Gasteiger partial charge < -0.3 is 4.74 Å². The molecule has 0 amide bonds. The summed E-state index contributed by atoms with van der Waals surface area (Å²) in [6, 6.07) is 10.3. The van der Waals surface area contributed by atoms with Crippen LogP contribution in [0.1, 0.15) is 45.6 Å². The summed E-state index contributed by atoms with van der Waals surface area (Å²) >= 11 is 0. The van der Waals surface area contributed by atoms with E-state index in [0.29, 0.717) is 12.0 Å². The van der Waals surface area contributed by atoms with E-state index in [1.54, 1.807) is 0 Å². The van der Waals surface area contributed by atoms with Crippen LogP contribution in [0, 0.1) is 5.41 Å². The maximum Gasteiger partial charge on any atom is 0.0716 e. The lowest BCUT2D eigenvalue weighted by molar-refractivity contribution is 0.119. The average Bonchev–Trinajstić information content (AvgIpc) is 2.38. The highest BCUT2D eigenvalue weighted by Gasteiger charge is 2.06. The molecular formula is C19H28O. The number of benzene rings is 1. The molecule has 0 heterocycles. The Labute approximate surface area is 124 Å². The van der Waals surface area contributed by atoms with E-state index >= 15 is 0 Å². The van der Waals surface area contributed by atoms with E-state index in [9.17, 15) is 0 Å². The van der Waals surface area contributed by atoms with Crippen LogP contribution < -0.4 is 0 Å². The van der Waals surface area contributed by atoms with Crippen molar-refractivity contribution in [1.29, 1.82) is 0 Å². The van der Waals surface area contributed by atoms with Gasteiger partial charge in [-0.1, -0.05) is 75.4 Å². The summed E-state index contributed by atoms with van der Waals surface area (Å²) in [5, 5.41) is 0. The van der Waals surface area contributed by atoms with Crippen molar-refractivity contribution >= 4 is 0 Å². The molecule has 0 saturated heterocycles. The second-order valence-corrected chi connectivity index (χ2v) is 6.47. The Morgan fingerprint density at radius 1 is 1.20 bits per heavy atom. The molecule has 0 spiro atoms. The number of rotatable bonds is 8. The normalized spacial score (nSPS) is 11.9. The first-order valence-corrected chi connectivity index (χ1v) is 7.43. The molecule has 0 N–H and O–H groups in total. The maximum atomic E-state index is 5.66. The number of allylic oxidation sites excluding steroid dienone is 3. The monoisotopic (exact) mass is 272 g/mol. The quantitative estimate of drug-likeness (QED) is 0.446. The molecule has 0 aliphatic rings. The molecule has 110 valence electrons. The molecule has 1 aromatic carbocycles. The van der Waals surface area contributed by atoms with Crippen LogP contribution in [-0.2, 0) is 11.3 Å². The fraction of sp³-hybridized carbons (Fsp3) is 0.474. The Kier molecular flexibility index (Phi) is 7.32. The van der Waals surface area contributed by atoms with Gasteiger partial charge in [0, 0.05) is 6.61 Å². The Balaban J connectivity index is 2.08. The van der Waals surface area contributed by atoms with Gasteiger partial charge in [-0.05, 0) is 30.2 Å². The summed E-state index contributed by atoms with van der Waals surface area (Å²) in [4.78, 5) is 0. The first-order chi connectivity index (χ1) is 9.47. The molecule has 1 heteroatoms. The summed E-state index contributed by atoms with van der Waals surface area (Å²) in [6.45, 7) is 12.3. The maximum absolute atomic E-state index is 5.66. The fourth-order valence-electron chi connectivity index (χ4n) is 1.83. The van der Waals surface area contributed by atoms with Gasteiger partial charge in [0.15, 0.2) is 0 Å². The molecule has 0 unspecified atom stereocenters. The summed E-state index contributed by atoms with van der Waals surface area (Å²) in [5.41, 5.74) is 2.78. The third kappa shape index (κ3) is 8.71. The minimum Gasteiger partial charge on any atom is -0.377 e. The topological polar surface area (TPSA) is 9.23 Å². The number of hydrogen-bond donors (Lipinski definition) is 0. The van der Waals surface area contributed by atoms with E-state index in [1.165, 1.54) is 11.1 Å². The van der Waals surface area contributed by atoms with Gasteiger partial charge in [-0.2, -0.15) is 0 Å². The van der Waals surface area contributed by atoms with E-state index < -0.39 is 0 Å². The second-order valence-electron chi connectivity index (χ2n) is 6.47. The second kappa shape index (κ2) is 8.76. The van der Waals surface area contributed by atoms with Gasteiger partial charge in [0.1, 0.15) is 0 Å². The van der Waals surface area contributed by atoms with Gasteiger partial charge in [0.2, 0.25) is 0 Å². The predicted octanol–water partition coefficient (Wildman–Crippen LogP) is 5.53. The average molecular weight is 272 g/mol. The van der Waals surface area contributed by atoms with Crippen LogP contribution in [-0.4, -0.2) is 6.61 Å². The predicted molar refractivity (Wildman–Crippen MR) is 87.7 cm³/mol. The lowest BCUT2D eigenvalue weighted by atomic mass is 9.92. The summed E-state index contributed by atoms with van der Waals surface area (Å²) in [6.07, 6.45) is 7.52. The Morgan fingerprint density at radius 2 is 1.90 bits per heavy atom. The number of ether oxygens (including phenoxy) is 1. The van der Waals surface area contributed by atoms with Crippen LogP contribution in [0.2, 0.25) is 0 Å². The van der Waals surface area contributed by atoms with E-state index in [-0.39, 0.29) is 0 Å². The van der Waals surface area contributed by atoms with Crippen LogP contribution >= 0.6 is 0 Å². The van der Waals surface area contributed by atoms with E-state index in [1.807, 2.05) is 18.2 Å². The van der Waals surface area contributed by atoms with Crippen molar-refractivity contribution in [1.82, 2.24) is 0 Å². The lowest BCUT2D eigenvalue weighted by Crippen LogP contribution is -2.01. The first-order valence-electron chi connectivity index (χ1n) is 7.43. The molecular weight excluding hydrogens is 244 g/mol. The summed E-state index contributed by atoms with van der Waals surface area (Å²) < 4.78 is 5.66.